The number of rotatable bonds is 4. The smallest absolute Gasteiger partial charge is 0.241 e. The summed E-state index contributed by atoms with van der Waals surface area (Å²) >= 11 is 0. The molecular formula is C16H28N2O2. The van der Waals surface area contributed by atoms with Gasteiger partial charge in [-0.3, -0.25) is 10.1 Å². The van der Waals surface area contributed by atoms with Crippen LogP contribution in [0.1, 0.15) is 58.3 Å². The summed E-state index contributed by atoms with van der Waals surface area (Å²) in [5.41, 5.74) is 0. The first-order valence-electron chi connectivity index (χ1n) is 8.37. The molecule has 1 aliphatic heterocycles. The SMILES string of the molecule is CCC1NC(C2CCCC2)N(C2CCCC2OC)C1=O. The van der Waals surface area contributed by atoms with Crippen LogP contribution in [0.2, 0.25) is 0 Å². The van der Waals surface area contributed by atoms with Gasteiger partial charge in [0.15, 0.2) is 0 Å². The Morgan fingerprint density at radius 2 is 1.95 bits per heavy atom. The number of nitrogens with one attached hydrogen (secondary N) is 1. The molecule has 0 aromatic carbocycles. The van der Waals surface area contributed by atoms with Crippen molar-refractivity contribution < 1.29 is 9.53 Å². The minimum Gasteiger partial charge on any atom is -0.379 e. The van der Waals surface area contributed by atoms with Crippen LogP contribution < -0.4 is 5.32 Å². The summed E-state index contributed by atoms with van der Waals surface area (Å²) in [6, 6.07) is 0.320. The van der Waals surface area contributed by atoms with Gasteiger partial charge < -0.3 is 9.64 Å². The van der Waals surface area contributed by atoms with Crippen molar-refractivity contribution in [2.45, 2.75) is 82.6 Å². The van der Waals surface area contributed by atoms with Crippen molar-refractivity contribution in [1.82, 2.24) is 10.2 Å². The van der Waals surface area contributed by atoms with Crippen LogP contribution in [-0.2, 0) is 9.53 Å². The maximum Gasteiger partial charge on any atom is 0.241 e. The Hall–Kier alpha value is -0.610. The molecule has 4 nitrogen and oxygen atoms in total. The molecule has 20 heavy (non-hydrogen) atoms. The number of hydrogen-bond acceptors (Lipinski definition) is 3. The molecule has 1 amide bonds. The van der Waals surface area contributed by atoms with E-state index in [9.17, 15) is 4.79 Å². The van der Waals surface area contributed by atoms with Crippen molar-refractivity contribution in [2.75, 3.05) is 7.11 Å². The van der Waals surface area contributed by atoms with E-state index in [0.717, 1.165) is 19.3 Å². The molecule has 0 aromatic rings. The zero-order valence-electron chi connectivity index (χ0n) is 12.8. The molecule has 4 heteroatoms. The van der Waals surface area contributed by atoms with Crippen molar-refractivity contribution in [2.24, 2.45) is 5.92 Å². The molecule has 1 N–H and O–H groups in total. The first-order chi connectivity index (χ1) is 9.76. The lowest BCUT2D eigenvalue weighted by molar-refractivity contribution is -0.135. The molecule has 0 aromatic heterocycles. The summed E-state index contributed by atoms with van der Waals surface area (Å²) in [5.74, 6) is 0.965. The van der Waals surface area contributed by atoms with Gasteiger partial charge in [-0.2, -0.15) is 0 Å². The average Bonchev–Trinajstić information content (AvgIpc) is 3.17. The van der Waals surface area contributed by atoms with Crippen LogP contribution in [0.5, 0.6) is 0 Å². The van der Waals surface area contributed by atoms with E-state index in [1.165, 1.54) is 32.1 Å². The summed E-state index contributed by atoms with van der Waals surface area (Å²) in [7, 11) is 1.79. The second-order valence-corrected chi connectivity index (χ2v) is 6.63. The molecule has 3 aliphatic rings. The number of ether oxygens (including phenoxy) is 1. The number of methoxy groups -OCH3 is 1. The zero-order chi connectivity index (χ0) is 14.1. The molecule has 1 heterocycles. The Labute approximate surface area is 122 Å². The first kappa shape index (κ1) is 14.3. The van der Waals surface area contributed by atoms with Gasteiger partial charge in [-0.15, -0.1) is 0 Å². The fourth-order valence-corrected chi connectivity index (χ4v) is 4.47. The minimum absolute atomic E-state index is 0.0266. The van der Waals surface area contributed by atoms with E-state index in [4.69, 9.17) is 4.74 Å². The van der Waals surface area contributed by atoms with Gasteiger partial charge in [-0.1, -0.05) is 19.8 Å². The van der Waals surface area contributed by atoms with Crippen molar-refractivity contribution in [3.05, 3.63) is 0 Å². The van der Waals surface area contributed by atoms with Crippen LogP contribution in [0.4, 0.5) is 0 Å². The van der Waals surface area contributed by atoms with E-state index in [-0.39, 0.29) is 18.3 Å². The number of carbonyl (C=O) groups excluding carboxylic acids is 1. The fourth-order valence-electron chi connectivity index (χ4n) is 4.47. The van der Waals surface area contributed by atoms with Crippen LogP contribution in [-0.4, -0.2) is 42.3 Å². The maximum atomic E-state index is 12.8. The lowest BCUT2D eigenvalue weighted by atomic mass is 10.0. The highest BCUT2D eigenvalue weighted by atomic mass is 16.5. The van der Waals surface area contributed by atoms with Crippen molar-refractivity contribution in [3.63, 3.8) is 0 Å². The summed E-state index contributed by atoms with van der Waals surface area (Å²) in [5, 5.41) is 3.62. The Morgan fingerprint density at radius 1 is 1.20 bits per heavy atom. The van der Waals surface area contributed by atoms with Crippen LogP contribution in [0.3, 0.4) is 0 Å². The molecule has 3 fully saturated rings. The summed E-state index contributed by atoms with van der Waals surface area (Å²) in [6.07, 6.45) is 9.94. The van der Waals surface area contributed by atoms with Crippen molar-refractivity contribution >= 4 is 5.91 Å². The summed E-state index contributed by atoms with van der Waals surface area (Å²) in [6.45, 7) is 2.10. The highest BCUT2D eigenvalue weighted by molar-refractivity contribution is 5.84. The number of carbonyl (C=O) groups is 1. The molecule has 1 saturated heterocycles. The molecule has 0 radical (unpaired) electrons. The molecule has 0 bridgehead atoms. The predicted octanol–water partition coefficient (Wildman–Crippen LogP) is 2.28. The van der Waals surface area contributed by atoms with Gasteiger partial charge in [0.25, 0.3) is 0 Å². The standard InChI is InChI=1S/C16H28N2O2/c1-3-12-16(19)18(13-9-6-10-14(13)20-2)15(17-12)11-7-4-5-8-11/h11-15,17H,3-10H2,1-2H3. The molecule has 4 unspecified atom stereocenters. The monoisotopic (exact) mass is 280 g/mol. The Kier molecular flexibility index (Phi) is 4.32. The van der Waals surface area contributed by atoms with Gasteiger partial charge >= 0.3 is 0 Å². The van der Waals surface area contributed by atoms with Gasteiger partial charge in [0, 0.05) is 7.11 Å². The first-order valence-corrected chi connectivity index (χ1v) is 8.37. The molecule has 3 rings (SSSR count). The zero-order valence-corrected chi connectivity index (χ0v) is 12.8. The third-order valence-electron chi connectivity index (χ3n) is 5.56. The minimum atomic E-state index is 0.0266. The third-order valence-corrected chi connectivity index (χ3v) is 5.56. The van der Waals surface area contributed by atoms with E-state index < -0.39 is 0 Å². The van der Waals surface area contributed by atoms with E-state index in [0.29, 0.717) is 17.9 Å². The summed E-state index contributed by atoms with van der Waals surface area (Å²) in [4.78, 5) is 14.9. The predicted molar refractivity (Wildman–Crippen MR) is 78.2 cm³/mol. The van der Waals surface area contributed by atoms with Gasteiger partial charge in [-0.05, 0) is 44.4 Å². The van der Waals surface area contributed by atoms with Crippen LogP contribution in [0.25, 0.3) is 0 Å². The molecule has 114 valence electrons. The highest BCUT2D eigenvalue weighted by Gasteiger charge is 2.48. The lowest BCUT2D eigenvalue weighted by Crippen LogP contribution is -2.51. The number of amides is 1. The van der Waals surface area contributed by atoms with E-state index in [2.05, 4.69) is 17.1 Å². The Morgan fingerprint density at radius 3 is 2.60 bits per heavy atom. The van der Waals surface area contributed by atoms with Crippen LogP contribution in [0.15, 0.2) is 0 Å². The number of nitrogens with zero attached hydrogens (tertiary/aromatic N) is 1. The van der Waals surface area contributed by atoms with Gasteiger partial charge in [0.2, 0.25) is 5.91 Å². The number of hydrogen-bond donors (Lipinski definition) is 1. The average molecular weight is 280 g/mol. The summed E-state index contributed by atoms with van der Waals surface area (Å²) < 4.78 is 5.64. The Balaban J connectivity index is 1.81. The normalized spacial score (nSPS) is 39.1. The molecule has 2 saturated carbocycles. The quantitative estimate of drug-likeness (QED) is 0.859. The third kappa shape index (κ3) is 2.37. The largest absolute Gasteiger partial charge is 0.379 e. The molecular weight excluding hydrogens is 252 g/mol. The van der Waals surface area contributed by atoms with Gasteiger partial charge in [-0.25, -0.2) is 0 Å². The van der Waals surface area contributed by atoms with Gasteiger partial charge in [0.05, 0.1) is 24.4 Å². The van der Waals surface area contributed by atoms with Crippen LogP contribution in [0, 0.1) is 5.92 Å². The Bertz CT molecular complexity index is 354. The van der Waals surface area contributed by atoms with Crippen molar-refractivity contribution in [3.8, 4) is 0 Å². The molecule has 0 spiro atoms. The fraction of sp³-hybridized carbons (Fsp3) is 0.938. The van der Waals surface area contributed by atoms with Crippen LogP contribution >= 0.6 is 0 Å². The molecule has 4 atom stereocenters. The van der Waals surface area contributed by atoms with E-state index >= 15 is 0 Å². The maximum absolute atomic E-state index is 12.8. The van der Waals surface area contributed by atoms with E-state index in [1.807, 2.05) is 0 Å². The highest BCUT2D eigenvalue weighted by Crippen LogP contribution is 2.37. The topological polar surface area (TPSA) is 41.6 Å². The van der Waals surface area contributed by atoms with Crippen molar-refractivity contribution in [1.29, 1.82) is 0 Å². The lowest BCUT2D eigenvalue weighted by Gasteiger charge is -2.36. The second kappa shape index (κ2) is 6.02. The van der Waals surface area contributed by atoms with E-state index in [1.54, 1.807) is 7.11 Å². The van der Waals surface area contributed by atoms with Gasteiger partial charge in [0.1, 0.15) is 0 Å². The second-order valence-electron chi connectivity index (χ2n) is 6.63. The molecule has 2 aliphatic carbocycles.